The van der Waals surface area contributed by atoms with Crippen molar-refractivity contribution < 1.29 is 9.67 Å². The molecule has 0 radical (unpaired) electrons. The molecule has 0 bridgehead atoms. The van der Waals surface area contributed by atoms with Crippen LogP contribution in [0.2, 0.25) is 5.02 Å². The van der Waals surface area contributed by atoms with Gasteiger partial charge in [0.25, 0.3) is 6.33 Å². The van der Waals surface area contributed by atoms with Gasteiger partial charge in [0.2, 0.25) is 6.33 Å². The first kappa shape index (κ1) is 14.4. The van der Waals surface area contributed by atoms with Crippen molar-refractivity contribution in [3.63, 3.8) is 0 Å². The first-order valence-electron chi connectivity index (χ1n) is 6.81. The van der Waals surface area contributed by atoms with Crippen LogP contribution in [0.5, 0.6) is 0 Å². The van der Waals surface area contributed by atoms with Crippen molar-refractivity contribution in [2.75, 3.05) is 0 Å². The number of aromatic nitrogens is 3. The van der Waals surface area contributed by atoms with Gasteiger partial charge in [-0.25, -0.2) is 4.57 Å². The van der Waals surface area contributed by atoms with Crippen LogP contribution in [0.1, 0.15) is 11.1 Å². The van der Waals surface area contributed by atoms with Crippen LogP contribution in [-0.4, -0.2) is 14.9 Å². The van der Waals surface area contributed by atoms with Gasteiger partial charge in [0, 0.05) is 15.7 Å². The molecule has 0 unspecified atom stereocenters. The first-order valence-corrected chi connectivity index (χ1v) is 7.19. The topological polar surface area (TPSA) is 41.9 Å². The van der Waals surface area contributed by atoms with Gasteiger partial charge in [-0.3, -0.25) is 0 Å². The van der Waals surface area contributed by atoms with Crippen molar-refractivity contribution in [2.45, 2.75) is 6.92 Å². The summed E-state index contributed by atoms with van der Waals surface area (Å²) in [7, 11) is 0. The van der Waals surface area contributed by atoms with Crippen LogP contribution in [-0.2, 0) is 0 Å². The molecule has 0 fully saturated rings. The van der Waals surface area contributed by atoms with Crippen LogP contribution in [0.15, 0.2) is 61.2 Å². The van der Waals surface area contributed by atoms with Crippen molar-refractivity contribution in [3.05, 3.63) is 77.3 Å². The Hall–Kier alpha value is -2.59. The van der Waals surface area contributed by atoms with Gasteiger partial charge in [-0.1, -0.05) is 34.0 Å². The summed E-state index contributed by atoms with van der Waals surface area (Å²) in [6.45, 7) is 2.05. The largest absolute Gasteiger partial charge is 0.504 e. The molecule has 0 aliphatic rings. The number of aryl methyl sites for hydroxylation is 1. The van der Waals surface area contributed by atoms with E-state index in [1.807, 2.05) is 35.8 Å². The number of benzene rings is 2. The van der Waals surface area contributed by atoms with Gasteiger partial charge in [0.1, 0.15) is 11.9 Å². The summed E-state index contributed by atoms with van der Waals surface area (Å²) in [4.78, 5) is 0. The molecule has 0 spiro atoms. The summed E-state index contributed by atoms with van der Waals surface area (Å²) in [5, 5.41) is 15.0. The number of halogens is 1. The SMILES string of the molecule is Cc1ccc(-[n+]2cnn(/C=C(\O)c3ccc(Cl)cc3)c2)cc1. The molecule has 1 heterocycles. The van der Waals surface area contributed by atoms with Gasteiger partial charge in [0.05, 0.1) is 0 Å². The minimum absolute atomic E-state index is 0.121. The molecule has 1 N–H and O–H groups in total. The van der Waals surface area contributed by atoms with Crippen molar-refractivity contribution in [2.24, 2.45) is 0 Å². The fourth-order valence-corrected chi connectivity index (χ4v) is 2.17. The van der Waals surface area contributed by atoms with Crippen LogP contribution in [0.4, 0.5) is 0 Å². The van der Waals surface area contributed by atoms with E-state index in [9.17, 15) is 5.11 Å². The summed E-state index contributed by atoms with van der Waals surface area (Å²) >= 11 is 5.84. The highest BCUT2D eigenvalue weighted by molar-refractivity contribution is 6.30. The van der Waals surface area contributed by atoms with Crippen molar-refractivity contribution in [1.29, 1.82) is 0 Å². The summed E-state index contributed by atoms with van der Waals surface area (Å²) in [6.07, 6.45) is 5.03. The smallest absolute Gasteiger partial charge is 0.270 e. The second-order valence-corrected chi connectivity index (χ2v) is 5.43. The van der Waals surface area contributed by atoms with Crippen molar-refractivity contribution in [1.82, 2.24) is 9.78 Å². The quantitative estimate of drug-likeness (QED) is 0.592. The zero-order valence-electron chi connectivity index (χ0n) is 12.0. The molecule has 22 heavy (non-hydrogen) atoms. The normalized spacial score (nSPS) is 11.6. The molecular formula is C17H15ClN3O+. The monoisotopic (exact) mass is 312 g/mol. The minimum atomic E-state index is 0.121. The average Bonchev–Trinajstić information content (AvgIpc) is 2.97. The van der Waals surface area contributed by atoms with Gasteiger partial charge in [-0.2, -0.15) is 0 Å². The number of rotatable bonds is 3. The molecule has 0 aliphatic heterocycles. The van der Waals surface area contributed by atoms with Crippen LogP contribution in [0, 0.1) is 6.92 Å². The highest BCUT2D eigenvalue weighted by atomic mass is 35.5. The Labute approximate surface area is 133 Å². The van der Waals surface area contributed by atoms with Gasteiger partial charge in [-0.15, -0.1) is 0 Å². The number of nitrogens with zero attached hydrogens (tertiary/aromatic N) is 3. The molecule has 3 rings (SSSR count). The lowest BCUT2D eigenvalue weighted by Crippen LogP contribution is -2.27. The fourth-order valence-electron chi connectivity index (χ4n) is 2.04. The van der Waals surface area contributed by atoms with Gasteiger partial charge in [0.15, 0.2) is 5.76 Å². The summed E-state index contributed by atoms with van der Waals surface area (Å²) < 4.78 is 3.44. The van der Waals surface area contributed by atoms with E-state index in [0.29, 0.717) is 10.6 Å². The fraction of sp³-hybridized carbons (Fsp3) is 0.0588. The molecule has 110 valence electrons. The third-order valence-corrected chi connectivity index (χ3v) is 3.53. The second-order valence-electron chi connectivity index (χ2n) is 4.99. The Morgan fingerprint density at radius 1 is 1.14 bits per heavy atom. The van der Waals surface area contributed by atoms with Crippen LogP contribution < -0.4 is 4.57 Å². The first-order chi connectivity index (χ1) is 10.6. The molecule has 4 nitrogen and oxygen atoms in total. The zero-order valence-corrected chi connectivity index (χ0v) is 12.8. The van der Waals surface area contributed by atoms with Gasteiger partial charge >= 0.3 is 0 Å². The Kier molecular flexibility index (Phi) is 3.94. The molecule has 0 aliphatic carbocycles. The standard InChI is InChI=1S/C17H14ClN3O/c1-13-2-8-16(9-3-13)20-11-19-21(12-20)10-17(22)14-4-6-15(18)7-5-14/h2-12H,1H3/p+1/b17-10-. The predicted octanol–water partition coefficient (Wildman–Crippen LogP) is 3.64. The minimum Gasteiger partial charge on any atom is -0.504 e. The Balaban J connectivity index is 1.85. The molecule has 0 saturated carbocycles. The molecule has 0 saturated heterocycles. The predicted molar refractivity (Wildman–Crippen MR) is 86.7 cm³/mol. The number of aliphatic hydroxyl groups is 1. The Bertz CT molecular complexity index is 805. The number of hydrogen-bond donors (Lipinski definition) is 1. The maximum Gasteiger partial charge on any atom is 0.270 e. The maximum atomic E-state index is 10.1. The summed E-state index contributed by atoms with van der Waals surface area (Å²) in [6, 6.07) is 15.1. The van der Waals surface area contributed by atoms with Crippen LogP contribution >= 0.6 is 11.6 Å². The number of aliphatic hydroxyl groups excluding tert-OH is 1. The zero-order chi connectivity index (χ0) is 15.5. The highest BCUT2D eigenvalue weighted by Crippen LogP contribution is 2.15. The molecule has 1 aromatic heterocycles. The van der Waals surface area contributed by atoms with E-state index in [-0.39, 0.29) is 5.76 Å². The highest BCUT2D eigenvalue weighted by Gasteiger charge is 2.08. The summed E-state index contributed by atoms with van der Waals surface area (Å²) in [5.41, 5.74) is 2.90. The van der Waals surface area contributed by atoms with E-state index < -0.39 is 0 Å². The van der Waals surface area contributed by atoms with E-state index in [4.69, 9.17) is 11.6 Å². The lowest BCUT2D eigenvalue weighted by atomic mass is 10.2. The van der Waals surface area contributed by atoms with E-state index >= 15 is 0 Å². The molecule has 5 heteroatoms. The molecular weight excluding hydrogens is 298 g/mol. The molecule has 2 aromatic carbocycles. The van der Waals surface area contributed by atoms with E-state index in [1.165, 1.54) is 5.56 Å². The Morgan fingerprint density at radius 3 is 2.50 bits per heavy atom. The van der Waals surface area contributed by atoms with Crippen LogP contribution in [0.25, 0.3) is 17.6 Å². The van der Waals surface area contributed by atoms with Crippen LogP contribution in [0.3, 0.4) is 0 Å². The lowest BCUT2D eigenvalue weighted by molar-refractivity contribution is -0.596. The number of hydrogen-bond acceptors (Lipinski definition) is 2. The molecule has 0 amide bonds. The molecule has 0 atom stereocenters. The second kappa shape index (κ2) is 6.03. The third-order valence-electron chi connectivity index (χ3n) is 3.28. The van der Waals surface area contributed by atoms with Gasteiger partial charge < -0.3 is 5.11 Å². The maximum absolute atomic E-state index is 10.1. The lowest BCUT2D eigenvalue weighted by Gasteiger charge is -1.98. The van der Waals surface area contributed by atoms with Crippen molar-refractivity contribution in [3.8, 4) is 5.69 Å². The molecule has 3 aromatic rings. The van der Waals surface area contributed by atoms with E-state index in [0.717, 1.165) is 5.69 Å². The van der Waals surface area contributed by atoms with E-state index in [1.54, 1.807) is 47.8 Å². The van der Waals surface area contributed by atoms with Crippen molar-refractivity contribution >= 4 is 23.6 Å². The summed E-state index contributed by atoms with van der Waals surface area (Å²) in [5.74, 6) is 0.121. The van der Waals surface area contributed by atoms with E-state index in [2.05, 4.69) is 5.10 Å². The third kappa shape index (κ3) is 3.18. The average molecular weight is 313 g/mol. The van der Waals surface area contributed by atoms with Gasteiger partial charge in [-0.05, 0) is 43.3 Å². The Morgan fingerprint density at radius 2 is 1.82 bits per heavy atom.